The Labute approximate surface area is 115 Å². The van der Waals surface area contributed by atoms with Gasteiger partial charge in [0.25, 0.3) is 0 Å². The molecule has 0 unspecified atom stereocenters. The summed E-state index contributed by atoms with van der Waals surface area (Å²) in [4.78, 5) is 13.0. The lowest BCUT2D eigenvalue weighted by molar-refractivity contribution is -0.120. The average molecular weight is 287 g/mol. The lowest BCUT2D eigenvalue weighted by atomic mass is 10.1. The Morgan fingerprint density at radius 3 is 2.50 bits per heavy atom. The number of methoxy groups -OCH3 is 1. The van der Waals surface area contributed by atoms with E-state index in [1.54, 1.807) is 18.2 Å². The van der Waals surface area contributed by atoms with Crippen LogP contribution in [0.15, 0.2) is 18.2 Å². The molecule has 0 N–H and O–H groups in total. The van der Waals surface area contributed by atoms with Crippen LogP contribution < -0.4 is 9.64 Å². The van der Waals surface area contributed by atoms with Crippen molar-refractivity contribution in [2.45, 2.75) is 32.0 Å². The van der Waals surface area contributed by atoms with Gasteiger partial charge >= 0.3 is 6.18 Å². The molecule has 0 heterocycles. The molecule has 1 aromatic rings. The number of nitrogens with zero attached hydrogens (tertiary/aromatic N) is 1. The minimum atomic E-state index is -4.31. The fraction of sp³-hybridized carbons (Fsp3) is 0.500. The molecule has 20 heavy (non-hydrogen) atoms. The molecule has 1 aliphatic carbocycles. The molecule has 0 saturated heterocycles. The highest BCUT2D eigenvalue weighted by Crippen LogP contribution is 2.38. The summed E-state index contributed by atoms with van der Waals surface area (Å²) in [7, 11) is 1.40. The van der Waals surface area contributed by atoms with Crippen LogP contribution in [0.2, 0.25) is 0 Å². The normalized spacial score (nSPS) is 15.1. The monoisotopic (exact) mass is 287 g/mol. The third kappa shape index (κ3) is 3.23. The number of carbonyl (C=O) groups excluding carboxylic acids is 1. The van der Waals surface area contributed by atoms with Crippen LogP contribution in [0.1, 0.15) is 30.1 Å². The van der Waals surface area contributed by atoms with Crippen LogP contribution in [0.4, 0.5) is 18.9 Å². The summed E-state index contributed by atoms with van der Waals surface area (Å²) < 4.78 is 43.3. The molecule has 0 aromatic heterocycles. The third-order valence-corrected chi connectivity index (χ3v) is 3.22. The van der Waals surface area contributed by atoms with Gasteiger partial charge in [0.1, 0.15) is 12.3 Å². The second-order valence-corrected chi connectivity index (χ2v) is 4.88. The summed E-state index contributed by atoms with van der Waals surface area (Å²) in [5, 5.41) is 0. The van der Waals surface area contributed by atoms with Crippen molar-refractivity contribution in [2.24, 2.45) is 0 Å². The maximum Gasteiger partial charge on any atom is 0.405 e. The molecule has 0 radical (unpaired) electrons. The standard InChI is InChI=1S/C14H16F3NO2/c1-9(19)13-11(4-3-5-12(13)20-2)18(10-6-7-10)8-14(15,16)17/h3-5,10H,6-8H2,1-2H3. The molecular formula is C14H16F3NO2. The smallest absolute Gasteiger partial charge is 0.405 e. The molecule has 1 saturated carbocycles. The Kier molecular flexibility index (Phi) is 3.92. The number of alkyl halides is 3. The highest BCUT2D eigenvalue weighted by molar-refractivity contribution is 6.02. The first-order valence-electron chi connectivity index (χ1n) is 6.35. The van der Waals surface area contributed by atoms with E-state index in [1.807, 2.05) is 0 Å². The molecule has 3 nitrogen and oxygen atoms in total. The van der Waals surface area contributed by atoms with Crippen molar-refractivity contribution in [1.29, 1.82) is 0 Å². The number of halogens is 3. The largest absolute Gasteiger partial charge is 0.496 e. The fourth-order valence-electron chi connectivity index (χ4n) is 2.27. The summed E-state index contributed by atoms with van der Waals surface area (Å²) in [5.41, 5.74) is 0.517. The molecule has 110 valence electrons. The number of hydrogen-bond acceptors (Lipinski definition) is 3. The van der Waals surface area contributed by atoms with Crippen LogP contribution in [-0.2, 0) is 0 Å². The zero-order valence-electron chi connectivity index (χ0n) is 11.3. The van der Waals surface area contributed by atoms with E-state index >= 15 is 0 Å². The fourth-order valence-corrected chi connectivity index (χ4v) is 2.27. The van der Waals surface area contributed by atoms with Crippen LogP contribution in [0.25, 0.3) is 0 Å². The quantitative estimate of drug-likeness (QED) is 0.777. The number of Topliss-reactive ketones (excluding diaryl/α,β-unsaturated/α-hetero) is 1. The number of rotatable bonds is 5. The van der Waals surface area contributed by atoms with Gasteiger partial charge in [-0.3, -0.25) is 4.79 Å². The predicted molar refractivity (Wildman–Crippen MR) is 69.4 cm³/mol. The van der Waals surface area contributed by atoms with Crippen LogP contribution in [0.3, 0.4) is 0 Å². The second-order valence-electron chi connectivity index (χ2n) is 4.88. The lowest BCUT2D eigenvalue weighted by Gasteiger charge is -2.28. The number of carbonyl (C=O) groups is 1. The van der Waals surface area contributed by atoms with Crippen LogP contribution >= 0.6 is 0 Å². The summed E-state index contributed by atoms with van der Waals surface area (Å²) in [6.07, 6.45) is -2.88. The van der Waals surface area contributed by atoms with Crippen LogP contribution in [-0.4, -0.2) is 31.7 Å². The van der Waals surface area contributed by atoms with E-state index in [-0.39, 0.29) is 17.4 Å². The SMILES string of the molecule is COc1cccc(N(CC(F)(F)F)C2CC2)c1C(C)=O. The van der Waals surface area contributed by atoms with Crippen molar-refractivity contribution < 1.29 is 22.7 Å². The minimum Gasteiger partial charge on any atom is -0.496 e. The van der Waals surface area contributed by atoms with Crippen LogP contribution in [0.5, 0.6) is 5.75 Å². The predicted octanol–water partition coefficient (Wildman–Crippen LogP) is 3.43. The first-order valence-corrected chi connectivity index (χ1v) is 6.35. The molecule has 1 aliphatic rings. The summed E-state index contributed by atoms with van der Waals surface area (Å²) in [6, 6.07) is 4.58. The van der Waals surface area contributed by atoms with E-state index < -0.39 is 12.7 Å². The van der Waals surface area contributed by atoms with Gasteiger partial charge in [-0.25, -0.2) is 0 Å². The molecular weight excluding hydrogens is 271 g/mol. The number of anilines is 1. The van der Waals surface area contributed by atoms with Gasteiger partial charge in [0, 0.05) is 6.04 Å². The summed E-state index contributed by atoms with van der Waals surface area (Å²) in [6.45, 7) is 0.283. The molecule has 2 rings (SSSR count). The molecule has 1 fully saturated rings. The van der Waals surface area contributed by atoms with E-state index in [0.717, 1.165) is 0 Å². The molecule has 0 bridgehead atoms. The van der Waals surface area contributed by atoms with Crippen molar-refractivity contribution in [2.75, 3.05) is 18.6 Å². The van der Waals surface area contributed by atoms with Gasteiger partial charge in [-0.1, -0.05) is 6.07 Å². The lowest BCUT2D eigenvalue weighted by Crippen LogP contribution is -2.36. The molecule has 0 aliphatic heterocycles. The van der Waals surface area contributed by atoms with Gasteiger partial charge in [-0.15, -0.1) is 0 Å². The Morgan fingerprint density at radius 1 is 1.40 bits per heavy atom. The number of benzene rings is 1. The Balaban J connectivity index is 2.45. The van der Waals surface area contributed by atoms with Gasteiger partial charge in [-0.05, 0) is 31.9 Å². The van der Waals surface area contributed by atoms with E-state index in [9.17, 15) is 18.0 Å². The Morgan fingerprint density at radius 2 is 2.05 bits per heavy atom. The van der Waals surface area contributed by atoms with Crippen molar-refractivity contribution in [3.8, 4) is 5.75 Å². The van der Waals surface area contributed by atoms with E-state index in [0.29, 0.717) is 24.3 Å². The zero-order valence-corrected chi connectivity index (χ0v) is 11.3. The van der Waals surface area contributed by atoms with Crippen molar-refractivity contribution >= 4 is 11.5 Å². The van der Waals surface area contributed by atoms with Gasteiger partial charge in [0.15, 0.2) is 5.78 Å². The second kappa shape index (κ2) is 5.34. The highest BCUT2D eigenvalue weighted by atomic mass is 19.4. The molecule has 6 heteroatoms. The summed E-state index contributed by atoms with van der Waals surface area (Å²) in [5.74, 6) is 0.00750. The Hall–Kier alpha value is -1.72. The van der Waals surface area contributed by atoms with E-state index in [1.165, 1.54) is 18.9 Å². The maximum atomic E-state index is 12.7. The van der Waals surface area contributed by atoms with Crippen molar-refractivity contribution in [3.05, 3.63) is 23.8 Å². The van der Waals surface area contributed by atoms with Gasteiger partial charge in [0.2, 0.25) is 0 Å². The topological polar surface area (TPSA) is 29.5 Å². The first-order chi connectivity index (χ1) is 9.33. The molecule has 0 amide bonds. The van der Waals surface area contributed by atoms with Crippen LogP contribution in [0, 0.1) is 0 Å². The zero-order chi connectivity index (χ0) is 14.9. The number of ketones is 1. The third-order valence-electron chi connectivity index (χ3n) is 3.22. The highest BCUT2D eigenvalue weighted by Gasteiger charge is 2.39. The van der Waals surface area contributed by atoms with E-state index in [2.05, 4.69) is 0 Å². The summed E-state index contributed by atoms with van der Waals surface area (Å²) >= 11 is 0. The molecule has 0 spiro atoms. The average Bonchev–Trinajstić information content (AvgIpc) is 3.18. The van der Waals surface area contributed by atoms with E-state index in [4.69, 9.17) is 4.74 Å². The van der Waals surface area contributed by atoms with Crippen molar-refractivity contribution in [1.82, 2.24) is 0 Å². The number of ether oxygens (including phenoxy) is 1. The van der Waals surface area contributed by atoms with Crippen molar-refractivity contribution in [3.63, 3.8) is 0 Å². The number of hydrogen-bond donors (Lipinski definition) is 0. The minimum absolute atomic E-state index is 0.151. The van der Waals surface area contributed by atoms with Gasteiger partial charge < -0.3 is 9.64 Å². The molecule has 1 aromatic carbocycles. The van der Waals surface area contributed by atoms with Gasteiger partial charge in [0.05, 0.1) is 18.4 Å². The first kappa shape index (κ1) is 14.7. The molecule has 0 atom stereocenters. The Bertz CT molecular complexity index is 510. The maximum absolute atomic E-state index is 12.7. The van der Waals surface area contributed by atoms with Gasteiger partial charge in [-0.2, -0.15) is 13.2 Å².